The Kier molecular flexibility index (Phi) is 3.46. The summed E-state index contributed by atoms with van der Waals surface area (Å²) in [4.78, 5) is 13.5. The van der Waals surface area contributed by atoms with Gasteiger partial charge in [-0.2, -0.15) is 0 Å². The van der Waals surface area contributed by atoms with E-state index in [9.17, 15) is 4.39 Å². The molecule has 1 aliphatic carbocycles. The van der Waals surface area contributed by atoms with Crippen LogP contribution in [0.5, 0.6) is 0 Å². The van der Waals surface area contributed by atoms with E-state index in [1.807, 2.05) is 24.3 Å². The molecular weight excluding hydrogens is 291 g/mol. The topological polar surface area (TPSA) is 50.7 Å². The van der Waals surface area contributed by atoms with Crippen molar-refractivity contribution in [1.82, 2.24) is 15.0 Å². The van der Waals surface area contributed by atoms with Crippen LogP contribution >= 0.6 is 0 Å². The molecule has 4 nitrogen and oxygen atoms in total. The van der Waals surface area contributed by atoms with Gasteiger partial charge in [-0.15, -0.1) is 0 Å². The largest absolute Gasteiger partial charge is 0.367 e. The molecule has 0 amide bonds. The van der Waals surface area contributed by atoms with Gasteiger partial charge in [-0.3, -0.25) is 4.98 Å². The fourth-order valence-electron chi connectivity index (χ4n) is 2.34. The molecule has 1 saturated carbocycles. The fourth-order valence-corrected chi connectivity index (χ4v) is 2.34. The van der Waals surface area contributed by atoms with Crippen LogP contribution in [0, 0.1) is 5.82 Å². The van der Waals surface area contributed by atoms with E-state index in [1.54, 1.807) is 18.3 Å². The van der Waals surface area contributed by atoms with Crippen molar-refractivity contribution in [3.63, 3.8) is 0 Å². The van der Waals surface area contributed by atoms with Gasteiger partial charge in [0.05, 0.1) is 5.69 Å². The van der Waals surface area contributed by atoms with Gasteiger partial charge >= 0.3 is 0 Å². The lowest BCUT2D eigenvalue weighted by Gasteiger charge is -2.09. The molecule has 1 aromatic carbocycles. The lowest BCUT2D eigenvalue weighted by molar-refractivity contribution is 0.628. The van der Waals surface area contributed by atoms with Crippen LogP contribution in [0.3, 0.4) is 0 Å². The van der Waals surface area contributed by atoms with E-state index < -0.39 is 0 Å². The third-order valence-electron chi connectivity index (χ3n) is 3.69. The van der Waals surface area contributed by atoms with Crippen molar-refractivity contribution in [2.45, 2.75) is 18.9 Å². The Balaban J connectivity index is 1.79. The van der Waals surface area contributed by atoms with E-state index in [2.05, 4.69) is 20.3 Å². The standard InChI is InChI=1S/C18H15FN4/c19-13-6-4-12(5-7-13)16-11-17(21-14-8-9-14)23-18(22-16)15-3-1-2-10-20-15/h1-7,10-11,14H,8-9H2,(H,21,22,23). The predicted octanol–water partition coefficient (Wildman–Crippen LogP) is 3.92. The zero-order valence-electron chi connectivity index (χ0n) is 12.4. The summed E-state index contributed by atoms with van der Waals surface area (Å²) in [6, 6.07) is 14.4. The summed E-state index contributed by atoms with van der Waals surface area (Å²) in [5.41, 5.74) is 2.32. The van der Waals surface area contributed by atoms with Crippen molar-refractivity contribution in [3.8, 4) is 22.8 Å². The minimum Gasteiger partial charge on any atom is -0.367 e. The van der Waals surface area contributed by atoms with E-state index in [1.165, 1.54) is 12.1 Å². The molecule has 3 aromatic rings. The number of hydrogen-bond donors (Lipinski definition) is 1. The molecule has 1 aliphatic rings. The average molecular weight is 306 g/mol. The molecule has 0 radical (unpaired) electrons. The summed E-state index contributed by atoms with van der Waals surface area (Å²) in [7, 11) is 0. The molecule has 23 heavy (non-hydrogen) atoms. The van der Waals surface area contributed by atoms with Gasteiger partial charge in [0, 0.05) is 23.9 Å². The molecule has 114 valence electrons. The molecular formula is C18H15FN4. The first-order valence-corrected chi connectivity index (χ1v) is 7.61. The number of pyridine rings is 1. The number of hydrogen-bond acceptors (Lipinski definition) is 4. The number of benzene rings is 1. The Morgan fingerprint density at radius 1 is 0.957 bits per heavy atom. The summed E-state index contributed by atoms with van der Waals surface area (Å²) < 4.78 is 13.2. The van der Waals surface area contributed by atoms with Gasteiger partial charge in [-0.25, -0.2) is 14.4 Å². The highest BCUT2D eigenvalue weighted by Crippen LogP contribution is 2.28. The molecule has 4 rings (SSSR count). The van der Waals surface area contributed by atoms with Gasteiger partial charge in [0.25, 0.3) is 0 Å². The Morgan fingerprint density at radius 3 is 2.48 bits per heavy atom. The van der Waals surface area contributed by atoms with Crippen molar-refractivity contribution >= 4 is 5.82 Å². The van der Waals surface area contributed by atoms with Crippen molar-refractivity contribution in [2.24, 2.45) is 0 Å². The summed E-state index contributed by atoms with van der Waals surface area (Å²) in [5, 5.41) is 3.39. The molecule has 0 bridgehead atoms. The van der Waals surface area contributed by atoms with E-state index in [0.29, 0.717) is 11.9 Å². The van der Waals surface area contributed by atoms with Crippen LogP contribution in [0.1, 0.15) is 12.8 Å². The fraction of sp³-hybridized carbons (Fsp3) is 0.167. The van der Waals surface area contributed by atoms with Gasteiger partial charge in [0.1, 0.15) is 17.3 Å². The highest BCUT2D eigenvalue weighted by molar-refractivity contribution is 5.66. The third-order valence-corrected chi connectivity index (χ3v) is 3.69. The Labute approximate surface area is 133 Å². The number of nitrogens with zero attached hydrogens (tertiary/aromatic N) is 3. The van der Waals surface area contributed by atoms with Crippen LogP contribution in [-0.2, 0) is 0 Å². The summed E-state index contributed by atoms with van der Waals surface area (Å²) >= 11 is 0. The minimum absolute atomic E-state index is 0.260. The lowest BCUT2D eigenvalue weighted by atomic mass is 10.1. The maximum Gasteiger partial charge on any atom is 0.180 e. The van der Waals surface area contributed by atoms with E-state index in [4.69, 9.17) is 0 Å². The van der Waals surface area contributed by atoms with E-state index >= 15 is 0 Å². The van der Waals surface area contributed by atoms with Crippen LogP contribution < -0.4 is 5.32 Å². The second-order valence-corrected chi connectivity index (χ2v) is 5.60. The molecule has 2 aromatic heterocycles. The maximum absolute atomic E-state index is 13.2. The molecule has 0 spiro atoms. The van der Waals surface area contributed by atoms with Gasteiger partial charge in [-0.1, -0.05) is 6.07 Å². The number of rotatable bonds is 4. The van der Waals surface area contributed by atoms with Crippen LogP contribution in [0.2, 0.25) is 0 Å². The zero-order chi connectivity index (χ0) is 15.6. The van der Waals surface area contributed by atoms with Gasteiger partial charge in [-0.05, 0) is 49.2 Å². The van der Waals surface area contributed by atoms with E-state index in [-0.39, 0.29) is 5.82 Å². The Morgan fingerprint density at radius 2 is 1.78 bits per heavy atom. The highest BCUT2D eigenvalue weighted by Gasteiger charge is 2.22. The number of anilines is 1. The monoisotopic (exact) mass is 306 g/mol. The summed E-state index contributed by atoms with van der Waals surface area (Å²) in [5.74, 6) is 1.09. The minimum atomic E-state index is -0.260. The molecule has 0 atom stereocenters. The number of halogens is 1. The van der Waals surface area contributed by atoms with Gasteiger partial charge in [0.15, 0.2) is 5.82 Å². The third kappa shape index (κ3) is 3.18. The number of aromatic nitrogens is 3. The van der Waals surface area contributed by atoms with Crippen LogP contribution in [0.25, 0.3) is 22.8 Å². The molecule has 0 saturated heterocycles. The molecule has 0 aliphatic heterocycles. The second kappa shape index (κ2) is 5.76. The quantitative estimate of drug-likeness (QED) is 0.794. The smallest absolute Gasteiger partial charge is 0.180 e. The van der Waals surface area contributed by atoms with Gasteiger partial charge < -0.3 is 5.32 Å². The Bertz CT molecular complexity index is 814. The van der Waals surface area contributed by atoms with Crippen molar-refractivity contribution in [1.29, 1.82) is 0 Å². The first kappa shape index (κ1) is 13.8. The zero-order valence-corrected chi connectivity index (χ0v) is 12.4. The molecule has 1 fully saturated rings. The van der Waals surface area contributed by atoms with Crippen molar-refractivity contribution < 1.29 is 4.39 Å². The Hall–Kier alpha value is -2.82. The number of nitrogens with one attached hydrogen (secondary N) is 1. The van der Waals surface area contributed by atoms with Crippen molar-refractivity contribution in [2.75, 3.05) is 5.32 Å². The first-order valence-electron chi connectivity index (χ1n) is 7.61. The maximum atomic E-state index is 13.2. The normalized spacial score (nSPS) is 13.8. The lowest BCUT2D eigenvalue weighted by Crippen LogP contribution is -2.05. The van der Waals surface area contributed by atoms with Crippen LogP contribution in [0.15, 0.2) is 54.7 Å². The SMILES string of the molecule is Fc1ccc(-c2cc(NC3CC3)nc(-c3ccccn3)n2)cc1. The molecule has 1 N–H and O–H groups in total. The molecule has 0 unspecified atom stereocenters. The average Bonchev–Trinajstić information content (AvgIpc) is 3.40. The van der Waals surface area contributed by atoms with Gasteiger partial charge in [0.2, 0.25) is 0 Å². The van der Waals surface area contributed by atoms with E-state index in [0.717, 1.165) is 35.6 Å². The summed E-state index contributed by atoms with van der Waals surface area (Å²) in [6.45, 7) is 0. The molecule has 5 heteroatoms. The predicted molar refractivity (Wildman–Crippen MR) is 87.3 cm³/mol. The van der Waals surface area contributed by atoms with Crippen LogP contribution in [-0.4, -0.2) is 21.0 Å². The first-order chi connectivity index (χ1) is 11.3. The van der Waals surface area contributed by atoms with Crippen LogP contribution in [0.4, 0.5) is 10.2 Å². The molecule has 2 heterocycles. The summed E-state index contributed by atoms with van der Waals surface area (Å²) in [6.07, 6.45) is 4.04. The highest BCUT2D eigenvalue weighted by atomic mass is 19.1. The van der Waals surface area contributed by atoms with Crippen molar-refractivity contribution in [3.05, 3.63) is 60.5 Å². The second-order valence-electron chi connectivity index (χ2n) is 5.60.